The Morgan fingerprint density at radius 3 is 2.59 bits per heavy atom. The number of halogens is 1. The molecular formula is C14H18FN2+. The number of benzene rings is 1. The van der Waals surface area contributed by atoms with Gasteiger partial charge >= 0.3 is 0 Å². The minimum atomic E-state index is -0.165. The highest BCUT2D eigenvalue weighted by Crippen LogP contribution is 2.02. The monoisotopic (exact) mass is 233 g/mol. The maximum absolute atomic E-state index is 12.7. The first-order chi connectivity index (χ1) is 8.25. The van der Waals surface area contributed by atoms with Crippen molar-refractivity contribution < 1.29 is 9.71 Å². The van der Waals surface area contributed by atoms with Gasteiger partial charge in [0.15, 0.2) is 0 Å². The number of aryl methyl sites for hydroxylation is 1. The summed E-state index contributed by atoms with van der Waals surface area (Å²) in [5.74, 6) is -0.165. The second-order valence-electron chi connectivity index (χ2n) is 4.27. The van der Waals surface area contributed by atoms with E-state index in [-0.39, 0.29) is 5.82 Å². The van der Waals surface area contributed by atoms with Crippen molar-refractivity contribution in [1.29, 1.82) is 0 Å². The second-order valence-corrected chi connectivity index (χ2v) is 4.27. The van der Waals surface area contributed by atoms with Gasteiger partial charge in [-0.15, -0.1) is 0 Å². The first-order valence-electron chi connectivity index (χ1n) is 5.92. The summed E-state index contributed by atoms with van der Waals surface area (Å²) in [5, 5.41) is 2.28. The summed E-state index contributed by atoms with van der Waals surface area (Å²) >= 11 is 0. The van der Waals surface area contributed by atoms with Crippen molar-refractivity contribution in [1.82, 2.24) is 4.57 Å². The lowest BCUT2D eigenvalue weighted by atomic mass is 10.1. The third-order valence-corrected chi connectivity index (χ3v) is 2.96. The standard InChI is InChI=1S/C14H17FN2/c1-17-10-2-3-14(17)11-16-9-8-12-4-6-13(15)7-5-12/h2-7,10,16H,8-9,11H2,1H3/p+1. The predicted octanol–water partition coefficient (Wildman–Crippen LogP) is 1.47. The molecule has 1 aromatic heterocycles. The molecule has 0 amide bonds. The number of aromatic nitrogens is 1. The Morgan fingerprint density at radius 2 is 1.94 bits per heavy atom. The van der Waals surface area contributed by atoms with Crippen molar-refractivity contribution in [3.05, 3.63) is 59.7 Å². The maximum atomic E-state index is 12.7. The molecule has 0 aliphatic rings. The van der Waals surface area contributed by atoms with Crippen LogP contribution >= 0.6 is 0 Å². The van der Waals surface area contributed by atoms with Gasteiger partial charge in [-0.25, -0.2) is 4.39 Å². The Kier molecular flexibility index (Phi) is 3.94. The molecule has 2 rings (SSSR count). The lowest BCUT2D eigenvalue weighted by Gasteiger charge is -2.03. The molecular weight excluding hydrogens is 215 g/mol. The van der Waals surface area contributed by atoms with Crippen molar-refractivity contribution in [3.63, 3.8) is 0 Å². The Morgan fingerprint density at radius 1 is 1.18 bits per heavy atom. The molecule has 1 aromatic carbocycles. The third-order valence-electron chi connectivity index (χ3n) is 2.96. The van der Waals surface area contributed by atoms with E-state index in [4.69, 9.17) is 0 Å². The first kappa shape index (κ1) is 11.9. The smallest absolute Gasteiger partial charge is 0.123 e. The van der Waals surface area contributed by atoms with Crippen LogP contribution in [0.25, 0.3) is 0 Å². The largest absolute Gasteiger partial charge is 0.350 e. The maximum Gasteiger partial charge on any atom is 0.123 e. The summed E-state index contributed by atoms with van der Waals surface area (Å²) in [6.45, 7) is 2.02. The molecule has 0 fully saturated rings. The van der Waals surface area contributed by atoms with Crippen LogP contribution in [0.2, 0.25) is 0 Å². The fourth-order valence-electron chi connectivity index (χ4n) is 1.88. The number of quaternary nitrogens is 1. The quantitative estimate of drug-likeness (QED) is 0.755. The van der Waals surface area contributed by atoms with Crippen LogP contribution in [-0.4, -0.2) is 11.1 Å². The van der Waals surface area contributed by atoms with Crippen LogP contribution in [-0.2, 0) is 20.0 Å². The zero-order valence-electron chi connectivity index (χ0n) is 10.1. The number of nitrogens with two attached hydrogens (primary N) is 1. The Bertz CT molecular complexity index is 459. The molecule has 0 saturated carbocycles. The zero-order chi connectivity index (χ0) is 12.1. The van der Waals surface area contributed by atoms with Gasteiger partial charge in [0.1, 0.15) is 12.4 Å². The van der Waals surface area contributed by atoms with Gasteiger partial charge in [0.25, 0.3) is 0 Å². The second kappa shape index (κ2) is 5.64. The van der Waals surface area contributed by atoms with Gasteiger partial charge in [0.2, 0.25) is 0 Å². The Labute approximate surface area is 101 Å². The predicted molar refractivity (Wildman–Crippen MR) is 66.0 cm³/mol. The van der Waals surface area contributed by atoms with E-state index in [1.165, 1.54) is 23.4 Å². The molecule has 0 atom stereocenters. The minimum Gasteiger partial charge on any atom is -0.350 e. The van der Waals surface area contributed by atoms with E-state index >= 15 is 0 Å². The fraction of sp³-hybridized carbons (Fsp3) is 0.286. The summed E-state index contributed by atoms with van der Waals surface area (Å²) in [6, 6.07) is 10.9. The van der Waals surface area contributed by atoms with E-state index in [0.717, 1.165) is 19.5 Å². The molecule has 17 heavy (non-hydrogen) atoms. The molecule has 0 radical (unpaired) electrons. The highest BCUT2D eigenvalue weighted by Gasteiger charge is 2.00. The van der Waals surface area contributed by atoms with E-state index in [1.54, 1.807) is 0 Å². The summed E-state index contributed by atoms with van der Waals surface area (Å²) in [6.07, 6.45) is 3.04. The number of hydrogen-bond acceptors (Lipinski definition) is 0. The van der Waals surface area contributed by atoms with Crippen LogP contribution in [0.5, 0.6) is 0 Å². The molecule has 2 nitrogen and oxygen atoms in total. The van der Waals surface area contributed by atoms with E-state index < -0.39 is 0 Å². The molecule has 2 aromatic rings. The summed E-state index contributed by atoms with van der Waals surface area (Å²) in [4.78, 5) is 0. The molecule has 0 saturated heterocycles. The average Bonchev–Trinajstić information content (AvgIpc) is 2.73. The Hall–Kier alpha value is -1.61. The average molecular weight is 233 g/mol. The normalized spacial score (nSPS) is 10.7. The third kappa shape index (κ3) is 3.43. The van der Waals surface area contributed by atoms with E-state index in [9.17, 15) is 4.39 Å². The van der Waals surface area contributed by atoms with Crippen molar-refractivity contribution in [2.24, 2.45) is 7.05 Å². The molecule has 0 aliphatic heterocycles. The van der Waals surface area contributed by atoms with E-state index in [0.29, 0.717) is 0 Å². The SMILES string of the molecule is Cn1cccc1C[NH2+]CCc1ccc(F)cc1. The molecule has 2 N–H and O–H groups in total. The van der Waals surface area contributed by atoms with Gasteiger partial charge in [-0.05, 0) is 29.8 Å². The number of hydrogen-bond donors (Lipinski definition) is 1. The lowest BCUT2D eigenvalue weighted by Crippen LogP contribution is -2.83. The summed E-state index contributed by atoms with van der Waals surface area (Å²) in [5.41, 5.74) is 2.51. The highest BCUT2D eigenvalue weighted by molar-refractivity contribution is 5.15. The van der Waals surface area contributed by atoms with Gasteiger partial charge in [-0.2, -0.15) is 0 Å². The molecule has 0 aliphatic carbocycles. The molecule has 1 heterocycles. The summed E-state index contributed by atoms with van der Waals surface area (Å²) < 4.78 is 14.8. The van der Waals surface area contributed by atoms with Gasteiger partial charge in [0.05, 0.1) is 12.2 Å². The van der Waals surface area contributed by atoms with Crippen LogP contribution in [0.1, 0.15) is 11.3 Å². The van der Waals surface area contributed by atoms with Crippen LogP contribution < -0.4 is 5.32 Å². The fourth-order valence-corrected chi connectivity index (χ4v) is 1.88. The van der Waals surface area contributed by atoms with Gasteiger partial charge < -0.3 is 9.88 Å². The highest BCUT2D eigenvalue weighted by atomic mass is 19.1. The van der Waals surface area contributed by atoms with E-state index in [2.05, 4.69) is 35.3 Å². The lowest BCUT2D eigenvalue weighted by molar-refractivity contribution is -0.670. The zero-order valence-corrected chi connectivity index (χ0v) is 10.1. The molecule has 0 bridgehead atoms. The topological polar surface area (TPSA) is 21.5 Å². The van der Waals surface area contributed by atoms with Gasteiger partial charge in [-0.1, -0.05) is 12.1 Å². The van der Waals surface area contributed by atoms with Crippen LogP contribution in [0, 0.1) is 5.82 Å². The minimum absolute atomic E-state index is 0.165. The Balaban J connectivity index is 1.73. The molecule has 90 valence electrons. The molecule has 0 spiro atoms. The van der Waals surface area contributed by atoms with Crippen LogP contribution in [0.4, 0.5) is 4.39 Å². The number of nitrogens with zero attached hydrogens (tertiary/aromatic N) is 1. The van der Waals surface area contributed by atoms with Gasteiger partial charge in [0, 0.05) is 19.7 Å². The van der Waals surface area contributed by atoms with Crippen LogP contribution in [0.15, 0.2) is 42.6 Å². The van der Waals surface area contributed by atoms with Crippen molar-refractivity contribution >= 4 is 0 Å². The molecule has 3 heteroatoms. The van der Waals surface area contributed by atoms with Gasteiger partial charge in [-0.3, -0.25) is 0 Å². The summed E-state index contributed by atoms with van der Waals surface area (Å²) in [7, 11) is 2.06. The first-order valence-corrected chi connectivity index (χ1v) is 5.92. The van der Waals surface area contributed by atoms with E-state index in [1.807, 2.05) is 12.1 Å². The van der Waals surface area contributed by atoms with Crippen molar-refractivity contribution in [2.75, 3.05) is 6.54 Å². The van der Waals surface area contributed by atoms with Crippen molar-refractivity contribution in [3.8, 4) is 0 Å². The number of rotatable bonds is 5. The van der Waals surface area contributed by atoms with Crippen molar-refractivity contribution in [2.45, 2.75) is 13.0 Å². The van der Waals surface area contributed by atoms with Crippen LogP contribution in [0.3, 0.4) is 0 Å². The molecule has 0 unspecified atom stereocenters.